The average Bonchev–Trinajstić information content (AvgIpc) is 2.78. The molecule has 1 heterocycles. The van der Waals surface area contributed by atoms with E-state index in [0.717, 1.165) is 5.52 Å². The molecule has 128 valence electrons. The van der Waals surface area contributed by atoms with Crippen LogP contribution < -0.4 is 11.0 Å². The molecule has 0 saturated carbocycles. The van der Waals surface area contributed by atoms with Gasteiger partial charge in [0.1, 0.15) is 0 Å². The van der Waals surface area contributed by atoms with Gasteiger partial charge in [-0.1, -0.05) is 0 Å². The Morgan fingerprint density at radius 3 is 2.40 bits per heavy atom. The Morgan fingerprint density at radius 2 is 1.76 bits per heavy atom. The Bertz CT molecular complexity index is 1080. The number of nitrogens with zero attached hydrogens (tertiary/aromatic N) is 3. The van der Waals surface area contributed by atoms with Crippen LogP contribution in [0, 0.1) is 17.0 Å². The summed E-state index contributed by atoms with van der Waals surface area (Å²) in [4.78, 5) is 34.7. The Kier molecular flexibility index (Phi) is 3.88. The fourth-order valence-corrected chi connectivity index (χ4v) is 2.79. The Hall–Kier alpha value is -3.42. The van der Waals surface area contributed by atoms with Crippen LogP contribution in [0.2, 0.25) is 0 Å². The van der Waals surface area contributed by atoms with Gasteiger partial charge in [-0.3, -0.25) is 24.0 Å². The maximum Gasteiger partial charge on any atom is 0.328 e. The van der Waals surface area contributed by atoms with Crippen molar-refractivity contribution in [2.24, 2.45) is 14.1 Å². The van der Waals surface area contributed by atoms with Crippen LogP contribution in [-0.2, 0) is 14.1 Å². The molecule has 0 aliphatic heterocycles. The topological polar surface area (TPSA) is 99.2 Å². The molecule has 0 radical (unpaired) electrons. The van der Waals surface area contributed by atoms with Gasteiger partial charge in [-0.15, -0.1) is 0 Å². The second-order valence-corrected chi connectivity index (χ2v) is 5.82. The smallest absolute Gasteiger partial charge is 0.322 e. The van der Waals surface area contributed by atoms with E-state index in [4.69, 9.17) is 0 Å². The van der Waals surface area contributed by atoms with Crippen molar-refractivity contribution in [3.63, 3.8) is 0 Å². The van der Waals surface area contributed by atoms with E-state index >= 15 is 0 Å². The first-order valence-corrected chi connectivity index (χ1v) is 7.51. The minimum Gasteiger partial charge on any atom is -0.322 e. The van der Waals surface area contributed by atoms with Gasteiger partial charge in [-0.25, -0.2) is 4.79 Å². The molecule has 0 aliphatic carbocycles. The number of carbonyl (C=O) groups excluding carboxylic acids is 1. The van der Waals surface area contributed by atoms with Gasteiger partial charge in [0.15, 0.2) is 0 Å². The summed E-state index contributed by atoms with van der Waals surface area (Å²) in [5.41, 5.74) is 2.56. The summed E-state index contributed by atoms with van der Waals surface area (Å²) in [6.07, 6.45) is 0. The molecule has 3 rings (SSSR count). The number of fused-ring (bicyclic) bond motifs is 1. The van der Waals surface area contributed by atoms with E-state index in [1.54, 1.807) is 39.2 Å². The molecule has 0 unspecified atom stereocenters. The standard InChI is InChI=1S/C17H16N4O4/c1-10-8-11(4-6-13(10)21(24)25)16(22)18-12-5-7-14-15(9-12)20(3)17(23)19(14)2/h4-9H,1-3H3,(H,18,22). The first kappa shape index (κ1) is 16.4. The molecule has 8 nitrogen and oxygen atoms in total. The highest BCUT2D eigenvalue weighted by molar-refractivity contribution is 6.05. The lowest BCUT2D eigenvalue weighted by Crippen LogP contribution is -2.19. The molecule has 0 spiro atoms. The summed E-state index contributed by atoms with van der Waals surface area (Å²) in [6, 6.07) is 9.38. The highest BCUT2D eigenvalue weighted by atomic mass is 16.6. The number of imidazole rings is 1. The number of carbonyl (C=O) groups is 1. The van der Waals surface area contributed by atoms with Gasteiger partial charge in [0.25, 0.3) is 11.6 Å². The fraction of sp³-hybridized carbons (Fsp3) is 0.176. The molecule has 8 heteroatoms. The molecule has 1 amide bonds. The lowest BCUT2D eigenvalue weighted by Gasteiger charge is -2.07. The molecule has 0 bridgehead atoms. The first-order valence-electron chi connectivity index (χ1n) is 7.51. The van der Waals surface area contributed by atoms with Gasteiger partial charge >= 0.3 is 5.69 Å². The number of aromatic nitrogens is 2. The van der Waals surface area contributed by atoms with Crippen LogP contribution >= 0.6 is 0 Å². The third-order valence-corrected chi connectivity index (χ3v) is 4.19. The normalized spacial score (nSPS) is 10.8. The highest BCUT2D eigenvalue weighted by Crippen LogP contribution is 2.21. The third-order valence-electron chi connectivity index (χ3n) is 4.19. The molecule has 2 aromatic carbocycles. The van der Waals surface area contributed by atoms with Crippen molar-refractivity contribution >= 4 is 28.3 Å². The van der Waals surface area contributed by atoms with E-state index in [-0.39, 0.29) is 17.3 Å². The van der Waals surface area contributed by atoms with Crippen molar-refractivity contribution in [1.82, 2.24) is 9.13 Å². The van der Waals surface area contributed by atoms with E-state index < -0.39 is 4.92 Å². The molecule has 0 saturated heterocycles. The van der Waals surface area contributed by atoms with Crippen molar-refractivity contribution in [2.45, 2.75) is 6.92 Å². The van der Waals surface area contributed by atoms with E-state index in [1.165, 1.54) is 27.3 Å². The summed E-state index contributed by atoms with van der Waals surface area (Å²) in [6.45, 7) is 1.58. The van der Waals surface area contributed by atoms with Crippen molar-refractivity contribution in [3.05, 3.63) is 68.1 Å². The molecule has 25 heavy (non-hydrogen) atoms. The number of nitro groups is 1. The van der Waals surface area contributed by atoms with Crippen LogP contribution in [0.3, 0.4) is 0 Å². The molecule has 1 aromatic heterocycles. The van der Waals surface area contributed by atoms with E-state index in [0.29, 0.717) is 22.3 Å². The van der Waals surface area contributed by atoms with Crippen molar-refractivity contribution < 1.29 is 9.72 Å². The molecule has 3 aromatic rings. The number of rotatable bonds is 3. The largest absolute Gasteiger partial charge is 0.328 e. The highest BCUT2D eigenvalue weighted by Gasteiger charge is 2.15. The van der Waals surface area contributed by atoms with Crippen LogP contribution in [0.25, 0.3) is 11.0 Å². The lowest BCUT2D eigenvalue weighted by molar-refractivity contribution is -0.385. The van der Waals surface area contributed by atoms with E-state index in [2.05, 4.69) is 5.32 Å². The number of benzene rings is 2. The summed E-state index contributed by atoms with van der Waals surface area (Å²) in [5.74, 6) is -0.377. The zero-order valence-electron chi connectivity index (χ0n) is 13.9. The van der Waals surface area contributed by atoms with Crippen molar-refractivity contribution in [2.75, 3.05) is 5.32 Å². The number of aryl methyl sites for hydroxylation is 3. The Labute approximate surface area is 142 Å². The van der Waals surface area contributed by atoms with Gasteiger partial charge in [0, 0.05) is 37.0 Å². The number of hydrogen-bond donors (Lipinski definition) is 1. The van der Waals surface area contributed by atoms with Crippen LogP contribution in [0.1, 0.15) is 15.9 Å². The predicted molar refractivity (Wildman–Crippen MR) is 93.9 cm³/mol. The van der Waals surface area contributed by atoms with Crippen LogP contribution in [0.5, 0.6) is 0 Å². The van der Waals surface area contributed by atoms with Crippen LogP contribution in [0.15, 0.2) is 41.2 Å². The average molecular weight is 340 g/mol. The van der Waals surface area contributed by atoms with Gasteiger partial charge in [0.05, 0.1) is 16.0 Å². The van der Waals surface area contributed by atoms with E-state index in [9.17, 15) is 19.7 Å². The fourth-order valence-electron chi connectivity index (χ4n) is 2.79. The maximum absolute atomic E-state index is 12.4. The molecule has 0 aliphatic rings. The quantitative estimate of drug-likeness (QED) is 0.584. The zero-order valence-corrected chi connectivity index (χ0v) is 13.9. The van der Waals surface area contributed by atoms with Crippen LogP contribution in [0.4, 0.5) is 11.4 Å². The summed E-state index contributed by atoms with van der Waals surface area (Å²) >= 11 is 0. The molecule has 0 atom stereocenters. The summed E-state index contributed by atoms with van der Waals surface area (Å²) < 4.78 is 3.03. The minimum absolute atomic E-state index is 0.0303. The predicted octanol–water partition coefficient (Wildman–Crippen LogP) is 2.35. The van der Waals surface area contributed by atoms with Crippen LogP contribution in [-0.4, -0.2) is 20.0 Å². The van der Waals surface area contributed by atoms with Crippen molar-refractivity contribution in [1.29, 1.82) is 0 Å². The SMILES string of the molecule is Cc1cc(C(=O)Nc2ccc3c(c2)n(C)c(=O)n3C)ccc1[N+](=O)[O-]. The monoisotopic (exact) mass is 340 g/mol. The molecule has 1 N–H and O–H groups in total. The number of nitrogens with one attached hydrogen (secondary N) is 1. The number of anilines is 1. The summed E-state index contributed by atoms with van der Waals surface area (Å²) in [5, 5.41) is 13.6. The van der Waals surface area contributed by atoms with Gasteiger partial charge in [-0.2, -0.15) is 0 Å². The van der Waals surface area contributed by atoms with Gasteiger partial charge < -0.3 is 5.32 Å². The van der Waals surface area contributed by atoms with E-state index in [1.807, 2.05) is 0 Å². The first-order chi connectivity index (χ1) is 11.8. The second-order valence-electron chi connectivity index (χ2n) is 5.82. The molecular weight excluding hydrogens is 324 g/mol. The minimum atomic E-state index is -0.485. The van der Waals surface area contributed by atoms with Gasteiger partial charge in [0.2, 0.25) is 0 Å². The number of nitro benzene ring substituents is 1. The number of amides is 1. The second kappa shape index (κ2) is 5.90. The Balaban J connectivity index is 1.92. The third kappa shape index (κ3) is 2.78. The maximum atomic E-state index is 12.4. The zero-order chi connectivity index (χ0) is 18.3. The summed E-state index contributed by atoms with van der Waals surface area (Å²) in [7, 11) is 3.35. The molecular formula is C17H16N4O4. The lowest BCUT2D eigenvalue weighted by atomic mass is 10.1. The molecule has 0 fully saturated rings. The number of hydrogen-bond acceptors (Lipinski definition) is 4. The Morgan fingerprint density at radius 1 is 1.08 bits per heavy atom. The van der Waals surface area contributed by atoms with Gasteiger partial charge in [-0.05, 0) is 37.3 Å². The van der Waals surface area contributed by atoms with Crippen molar-refractivity contribution in [3.8, 4) is 0 Å².